The van der Waals surface area contributed by atoms with E-state index in [9.17, 15) is 5.26 Å². The maximum absolute atomic E-state index is 9.52. The van der Waals surface area contributed by atoms with Crippen molar-refractivity contribution in [2.24, 2.45) is 0 Å². The Bertz CT molecular complexity index is 696. The van der Waals surface area contributed by atoms with Crippen molar-refractivity contribution in [1.29, 1.82) is 5.26 Å². The third-order valence-electron chi connectivity index (χ3n) is 3.78. The predicted octanol–water partition coefficient (Wildman–Crippen LogP) is 4.03. The number of anilines is 1. The van der Waals surface area contributed by atoms with E-state index in [2.05, 4.69) is 44.0 Å². The van der Waals surface area contributed by atoms with Gasteiger partial charge in [0.2, 0.25) is 0 Å². The molecule has 3 nitrogen and oxygen atoms in total. The number of hydrogen-bond donors (Lipinski definition) is 1. The number of nitrogen functional groups attached to an aromatic ring is 1. The molecule has 0 radical (unpaired) electrons. The van der Waals surface area contributed by atoms with E-state index < -0.39 is 0 Å². The second-order valence-electron chi connectivity index (χ2n) is 5.20. The van der Waals surface area contributed by atoms with Crippen molar-refractivity contribution in [2.45, 2.75) is 40.0 Å². The smallest absolute Gasteiger partial charge is 0.142 e. The number of hydrogen-bond acceptors (Lipinski definition) is 3. The summed E-state index contributed by atoms with van der Waals surface area (Å²) in [6.07, 6.45) is 2.75. The summed E-state index contributed by atoms with van der Waals surface area (Å²) < 4.78 is 0. The van der Waals surface area contributed by atoms with E-state index in [0.29, 0.717) is 11.4 Å². The minimum atomic E-state index is 0.344. The fourth-order valence-electron chi connectivity index (χ4n) is 2.78. The zero-order chi connectivity index (χ0) is 15.4. The van der Waals surface area contributed by atoms with Crippen LogP contribution in [0.25, 0.3) is 11.1 Å². The zero-order valence-electron chi connectivity index (χ0n) is 12.9. The van der Waals surface area contributed by atoms with Gasteiger partial charge in [-0.15, -0.1) is 0 Å². The summed E-state index contributed by atoms with van der Waals surface area (Å²) in [5.41, 5.74) is 11.9. The van der Waals surface area contributed by atoms with Gasteiger partial charge in [-0.3, -0.25) is 0 Å². The number of pyridine rings is 1. The Morgan fingerprint density at radius 3 is 2.52 bits per heavy atom. The molecule has 0 fully saturated rings. The first-order chi connectivity index (χ1) is 10.1. The van der Waals surface area contributed by atoms with Crippen molar-refractivity contribution in [3.63, 3.8) is 0 Å². The van der Waals surface area contributed by atoms with Crippen molar-refractivity contribution in [1.82, 2.24) is 4.98 Å². The van der Waals surface area contributed by atoms with Crippen LogP contribution in [0.15, 0.2) is 24.3 Å². The molecule has 3 heteroatoms. The summed E-state index contributed by atoms with van der Waals surface area (Å²) in [6.45, 7) is 6.30. The second-order valence-corrected chi connectivity index (χ2v) is 5.20. The van der Waals surface area contributed by atoms with Gasteiger partial charge in [0.15, 0.2) is 0 Å². The largest absolute Gasteiger partial charge is 0.383 e. The summed E-state index contributed by atoms with van der Waals surface area (Å²) in [5.74, 6) is 0.344. The molecule has 0 saturated carbocycles. The van der Waals surface area contributed by atoms with Gasteiger partial charge in [-0.25, -0.2) is 4.98 Å². The number of aryl methyl sites for hydroxylation is 2. The summed E-state index contributed by atoms with van der Waals surface area (Å²) in [4.78, 5) is 4.48. The Hall–Kier alpha value is -2.34. The number of nitrogens with zero attached hydrogens (tertiary/aromatic N) is 2. The average molecular weight is 279 g/mol. The highest BCUT2D eigenvalue weighted by Gasteiger charge is 2.19. The maximum atomic E-state index is 9.52. The van der Waals surface area contributed by atoms with Crippen LogP contribution in [0.4, 0.5) is 5.82 Å². The molecule has 0 unspecified atom stereocenters. The molecule has 0 spiro atoms. The third kappa shape index (κ3) is 2.75. The van der Waals surface area contributed by atoms with Crippen molar-refractivity contribution in [3.05, 3.63) is 46.6 Å². The molecule has 0 aliphatic rings. The van der Waals surface area contributed by atoms with Crippen molar-refractivity contribution in [2.75, 3.05) is 5.73 Å². The van der Waals surface area contributed by atoms with E-state index in [4.69, 9.17) is 5.73 Å². The Morgan fingerprint density at radius 1 is 1.24 bits per heavy atom. The Kier molecular flexibility index (Phi) is 4.59. The summed E-state index contributed by atoms with van der Waals surface area (Å²) >= 11 is 0. The molecule has 2 rings (SSSR count). The van der Waals surface area contributed by atoms with Crippen LogP contribution in [-0.4, -0.2) is 4.98 Å². The highest BCUT2D eigenvalue weighted by molar-refractivity contribution is 5.80. The van der Waals surface area contributed by atoms with Crippen molar-refractivity contribution < 1.29 is 0 Å². The first-order valence-electron chi connectivity index (χ1n) is 7.41. The van der Waals surface area contributed by atoms with Crippen LogP contribution >= 0.6 is 0 Å². The fraction of sp³-hybridized carbons (Fsp3) is 0.333. The molecule has 2 aromatic rings. The van der Waals surface area contributed by atoms with E-state index in [1.807, 2.05) is 12.1 Å². The van der Waals surface area contributed by atoms with Gasteiger partial charge in [0, 0.05) is 11.3 Å². The summed E-state index contributed by atoms with van der Waals surface area (Å²) in [7, 11) is 0. The molecule has 0 saturated heterocycles. The molecule has 0 aliphatic carbocycles. The number of nitriles is 1. The van der Waals surface area contributed by atoms with Gasteiger partial charge < -0.3 is 5.73 Å². The predicted molar refractivity (Wildman–Crippen MR) is 86.9 cm³/mol. The summed E-state index contributed by atoms with van der Waals surface area (Å²) in [5, 5.41) is 9.52. The minimum Gasteiger partial charge on any atom is -0.383 e. The molecule has 0 amide bonds. The van der Waals surface area contributed by atoms with E-state index in [1.165, 1.54) is 0 Å². The minimum absolute atomic E-state index is 0.344. The van der Waals surface area contributed by atoms with Gasteiger partial charge in [-0.2, -0.15) is 5.26 Å². The molecular formula is C18H21N3. The molecule has 0 bridgehead atoms. The number of benzene rings is 1. The van der Waals surface area contributed by atoms with Crippen LogP contribution < -0.4 is 5.73 Å². The molecule has 21 heavy (non-hydrogen) atoms. The van der Waals surface area contributed by atoms with Crippen LogP contribution in [0, 0.1) is 18.3 Å². The van der Waals surface area contributed by atoms with E-state index in [-0.39, 0.29) is 0 Å². The fourth-order valence-corrected chi connectivity index (χ4v) is 2.78. The second kappa shape index (κ2) is 6.41. The lowest BCUT2D eigenvalue weighted by Crippen LogP contribution is -2.08. The zero-order valence-corrected chi connectivity index (χ0v) is 12.9. The van der Waals surface area contributed by atoms with Crippen LogP contribution in [-0.2, 0) is 12.8 Å². The third-order valence-corrected chi connectivity index (χ3v) is 3.78. The van der Waals surface area contributed by atoms with Gasteiger partial charge in [0.25, 0.3) is 0 Å². The van der Waals surface area contributed by atoms with Crippen LogP contribution in [0.2, 0.25) is 0 Å². The first kappa shape index (κ1) is 15.1. The van der Waals surface area contributed by atoms with E-state index in [0.717, 1.165) is 47.2 Å². The van der Waals surface area contributed by atoms with Gasteiger partial charge in [0.1, 0.15) is 17.5 Å². The Labute approximate surface area is 126 Å². The Balaban J connectivity index is 2.84. The standard InChI is InChI=1S/C18H21N3/c1-4-8-16-13(5-2)17(15(11-19)18(20)21-16)14-10-7-6-9-12(14)3/h6-7,9-10H,4-5,8H2,1-3H3,(H2,20,21). The molecule has 0 aliphatic heterocycles. The van der Waals surface area contributed by atoms with Crippen LogP contribution in [0.1, 0.15) is 42.7 Å². The average Bonchev–Trinajstić information content (AvgIpc) is 2.47. The Morgan fingerprint density at radius 2 is 1.95 bits per heavy atom. The van der Waals surface area contributed by atoms with Gasteiger partial charge in [0.05, 0.1) is 0 Å². The number of nitrogens with two attached hydrogens (primary N) is 1. The molecular weight excluding hydrogens is 258 g/mol. The molecule has 2 N–H and O–H groups in total. The van der Waals surface area contributed by atoms with Crippen molar-refractivity contribution >= 4 is 5.82 Å². The maximum Gasteiger partial charge on any atom is 0.142 e. The number of aromatic nitrogens is 1. The summed E-state index contributed by atoms with van der Waals surface area (Å²) in [6, 6.07) is 10.4. The first-order valence-corrected chi connectivity index (χ1v) is 7.41. The van der Waals surface area contributed by atoms with Gasteiger partial charge >= 0.3 is 0 Å². The molecule has 108 valence electrons. The van der Waals surface area contributed by atoms with Gasteiger partial charge in [-0.05, 0) is 36.5 Å². The number of rotatable bonds is 4. The van der Waals surface area contributed by atoms with Crippen molar-refractivity contribution in [3.8, 4) is 17.2 Å². The lowest BCUT2D eigenvalue weighted by Gasteiger charge is -2.17. The van der Waals surface area contributed by atoms with Gasteiger partial charge in [-0.1, -0.05) is 44.5 Å². The highest BCUT2D eigenvalue weighted by Crippen LogP contribution is 2.34. The monoisotopic (exact) mass is 279 g/mol. The molecule has 1 aromatic carbocycles. The highest BCUT2D eigenvalue weighted by atomic mass is 14.9. The topological polar surface area (TPSA) is 62.7 Å². The van der Waals surface area contributed by atoms with Crippen LogP contribution in [0.3, 0.4) is 0 Å². The lowest BCUT2D eigenvalue weighted by atomic mass is 9.89. The lowest BCUT2D eigenvalue weighted by molar-refractivity contribution is 0.860. The van der Waals surface area contributed by atoms with Crippen LogP contribution in [0.5, 0.6) is 0 Å². The molecule has 1 aromatic heterocycles. The SMILES string of the molecule is CCCc1nc(N)c(C#N)c(-c2ccccc2C)c1CC. The quantitative estimate of drug-likeness (QED) is 0.919. The van der Waals surface area contributed by atoms with E-state index in [1.54, 1.807) is 0 Å². The molecule has 1 heterocycles. The normalized spacial score (nSPS) is 10.4. The van der Waals surface area contributed by atoms with E-state index >= 15 is 0 Å². The molecule has 0 atom stereocenters.